The van der Waals surface area contributed by atoms with E-state index in [4.69, 9.17) is 0 Å². The van der Waals surface area contributed by atoms with Crippen LogP contribution in [0.25, 0.3) is 22.6 Å². The molecule has 0 spiro atoms. The number of benzene rings is 2. The SMILES string of the molecule is O=C(O)c1ccc2c(=O)n3c(nc2c1)C(=Cc1ccccc1)CCC3. The lowest BCUT2D eigenvalue weighted by Crippen LogP contribution is -2.28. The zero-order chi connectivity index (χ0) is 17.4. The van der Waals surface area contributed by atoms with Crippen molar-refractivity contribution in [3.63, 3.8) is 0 Å². The second-order valence-electron chi connectivity index (χ2n) is 6.11. The smallest absolute Gasteiger partial charge is 0.335 e. The number of allylic oxidation sites excluding steroid dienone is 1. The molecule has 0 radical (unpaired) electrons. The summed E-state index contributed by atoms with van der Waals surface area (Å²) in [4.78, 5) is 28.6. The number of aromatic carboxylic acids is 1. The van der Waals surface area contributed by atoms with Gasteiger partial charge in [0.15, 0.2) is 0 Å². The fourth-order valence-corrected chi connectivity index (χ4v) is 3.23. The number of carboxylic acids is 1. The first kappa shape index (κ1) is 15.3. The lowest BCUT2D eigenvalue weighted by molar-refractivity contribution is 0.0697. The van der Waals surface area contributed by atoms with Crippen molar-refractivity contribution in [1.29, 1.82) is 0 Å². The van der Waals surface area contributed by atoms with Crippen LogP contribution in [-0.4, -0.2) is 20.6 Å². The second kappa shape index (κ2) is 6.02. The van der Waals surface area contributed by atoms with Gasteiger partial charge in [0.25, 0.3) is 5.56 Å². The largest absolute Gasteiger partial charge is 0.478 e. The van der Waals surface area contributed by atoms with Crippen LogP contribution in [0.4, 0.5) is 0 Å². The van der Waals surface area contributed by atoms with Crippen molar-refractivity contribution in [3.05, 3.63) is 75.8 Å². The molecule has 124 valence electrons. The Bertz CT molecular complexity index is 1070. The van der Waals surface area contributed by atoms with Gasteiger partial charge in [-0.2, -0.15) is 0 Å². The van der Waals surface area contributed by atoms with Crippen molar-refractivity contribution in [2.45, 2.75) is 19.4 Å². The first-order chi connectivity index (χ1) is 12.1. The van der Waals surface area contributed by atoms with E-state index in [-0.39, 0.29) is 11.1 Å². The van der Waals surface area contributed by atoms with E-state index in [2.05, 4.69) is 4.98 Å². The summed E-state index contributed by atoms with van der Waals surface area (Å²) in [6.07, 6.45) is 3.77. The average Bonchev–Trinajstić information content (AvgIpc) is 2.63. The van der Waals surface area contributed by atoms with Crippen LogP contribution < -0.4 is 5.56 Å². The minimum absolute atomic E-state index is 0.115. The highest BCUT2D eigenvalue weighted by Crippen LogP contribution is 2.27. The van der Waals surface area contributed by atoms with E-state index in [1.54, 1.807) is 10.6 Å². The molecule has 2 heterocycles. The van der Waals surface area contributed by atoms with Gasteiger partial charge in [-0.1, -0.05) is 30.3 Å². The van der Waals surface area contributed by atoms with Gasteiger partial charge < -0.3 is 5.11 Å². The zero-order valence-corrected chi connectivity index (χ0v) is 13.5. The number of carboxylic acid groups (broad SMARTS) is 1. The monoisotopic (exact) mass is 332 g/mol. The van der Waals surface area contributed by atoms with Crippen molar-refractivity contribution in [2.75, 3.05) is 0 Å². The van der Waals surface area contributed by atoms with E-state index >= 15 is 0 Å². The number of hydrogen-bond acceptors (Lipinski definition) is 3. The number of nitrogens with zero attached hydrogens (tertiary/aromatic N) is 2. The fourth-order valence-electron chi connectivity index (χ4n) is 3.23. The molecule has 1 aliphatic rings. The van der Waals surface area contributed by atoms with E-state index < -0.39 is 5.97 Å². The van der Waals surface area contributed by atoms with Crippen LogP contribution in [-0.2, 0) is 6.54 Å². The van der Waals surface area contributed by atoms with Crippen LogP contribution in [0.2, 0.25) is 0 Å². The summed E-state index contributed by atoms with van der Waals surface area (Å²) in [5.41, 5.74) is 2.50. The van der Waals surface area contributed by atoms with Gasteiger partial charge in [-0.3, -0.25) is 9.36 Å². The summed E-state index contributed by atoms with van der Waals surface area (Å²) in [7, 11) is 0. The summed E-state index contributed by atoms with van der Waals surface area (Å²) in [5.74, 6) is -0.392. The highest BCUT2D eigenvalue weighted by Gasteiger charge is 2.19. The molecule has 2 aromatic carbocycles. The van der Waals surface area contributed by atoms with Gasteiger partial charge in [0, 0.05) is 6.54 Å². The third-order valence-electron chi connectivity index (χ3n) is 4.46. The molecule has 5 nitrogen and oxygen atoms in total. The van der Waals surface area contributed by atoms with E-state index in [1.807, 2.05) is 36.4 Å². The van der Waals surface area contributed by atoms with Gasteiger partial charge in [-0.05, 0) is 48.3 Å². The molecule has 0 saturated heterocycles. The van der Waals surface area contributed by atoms with Crippen LogP contribution >= 0.6 is 0 Å². The van der Waals surface area contributed by atoms with Gasteiger partial charge in [-0.15, -0.1) is 0 Å². The standard InChI is InChI=1S/C20H16N2O3/c23-19-16-9-8-15(20(24)25)12-17(16)21-18-14(7-4-10-22(18)19)11-13-5-2-1-3-6-13/h1-3,5-6,8-9,11-12H,4,7,10H2,(H,24,25). The summed E-state index contributed by atoms with van der Waals surface area (Å²) in [5, 5.41) is 9.63. The molecule has 0 fully saturated rings. The maximum Gasteiger partial charge on any atom is 0.335 e. The fraction of sp³-hybridized carbons (Fsp3) is 0.150. The molecule has 5 heteroatoms. The predicted molar refractivity (Wildman–Crippen MR) is 96.5 cm³/mol. The Morgan fingerprint density at radius 2 is 1.96 bits per heavy atom. The van der Waals surface area contributed by atoms with Crippen molar-refractivity contribution in [2.24, 2.45) is 0 Å². The van der Waals surface area contributed by atoms with Crippen LogP contribution in [0.3, 0.4) is 0 Å². The zero-order valence-electron chi connectivity index (χ0n) is 13.5. The Balaban J connectivity index is 1.94. The molecule has 1 aliphatic heterocycles. The third kappa shape index (κ3) is 2.74. The van der Waals surface area contributed by atoms with E-state index in [9.17, 15) is 14.7 Å². The van der Waals surface area contributed by atoms with Gasteiger partial charge in [0.2, 0.25) is 0 Å². The molecule has 0 amide bonds. The third-order valence-corrected chi connectivity index (χ3v) is 4.46. The molecular formula is C20H16N2O3. The average molecular weight is 332 g/mol. The van der Waals surface area contributed by atoms with E-state index in [1.165, 1.54) is 12.1 Å². The quantitative estimate of drug-likeness (QED) is 0.780. The number of fused-ring (bicyclic) bond motifs is 2. The molecule has 0 saturated carbocycles. The van der Waals surface area contributed by atoms with Crippen molar-refractivity contribution in [3.8, 4) is 0 Å². The molecule has 25 heavy (non-hydrogen) atoms. The highest BCUT2D eigenvalue weighted by atomic mass is 16.4. The van der Waals surface area contributed by atoms with Crippen LogP contribution in [0, 0.1) is 0 Å². The molecule has 3 aromatic rings. The molecule has 4 rings (SSSR count). The minimum atomic E-state index is -1.03. The first-order valence-electron chi connectivity index (χ1n) is 8.17. The lowest BCUT2D eigenvalue weighted by Gasteiger charge is -2.21. The highest BCUT2D eigenvalue weighted by molar-refractivity contribution is 5.93. The van der Waals surface area contributed by atoms with Gasteiger partial charge in [0.1, 0.15) is 5.82 Å². The van der Waals surface area contributed by atoms with E-state index in [0.29, 0.717) is 23.3 Å². The Hall–Kier alpha value is -3.21. The van der Waals surface area contributed by atoms with Gasteiger partial charge in [-0.25, -0.2) is 9.78 Å². The van der Waals surface area contributed by atoms with Crippen LogP contribution in [0.15, 0.2) is 53.3 Å². The second-order valence-corrected chi connectivity index (χ2v) is 6.11. The molecular weight excluding hydrogens is 316 g/mol. The predicted octanol–water partition coefficient (Wildman–Crippen LogP) is 3.43. The first-order valence-corrected chi connectivity index (χ1v) is 8.17. The molecule has 0 aliphatic carbocycles. The summed E-state index contributed by atoms with van der Waals surface area (Å²) in [6.45, 7) is 0.629. The van der Waals surface area contributed by atoms with Crippen LogP contribution in [0.1, 0.15) is 34.6 Å². The van der Waals surface area contributed by atoms with E-state index in [0.717, 1.165) is 24.0 Å². The number of rotatable bonds is 2. The molecule has 0 atom stereocenters. The Morgan fingerprint density at radius 3 is 2.72 bits per heavy atom. The summed E-state index contributed by atoms with van der Waals surface area (Å²) in [6, 6.07) is 14.4. The molecule has 0 unspecified atom stereocenters. The number of carbonyl (C=O) groups is 1. The minimum Gasteiger partial charge on any atom is -0.478 e. The Morgan fingerprint density at radius 1 is 1.16 bits per heavy atom. The number of hydrogen-bond donors (Lipinski definition) is 1. The summed E-state index contributed by atoms with van der Waals surface area (Å²) >= 11 is 0. The Labute approximate surface area is 143 Å². The lowest BCUT2D eigenvalue weighted by atomic mass is 10.0. The maximum absolute atomic E-state index is 12.8. The molecule has 0 bridgehead atoms. The van der Waals surface area contributed by atoms with Crippen LogP contribution in [0.5, 0.6) is 0 Å². The van der Waals surface area contributed by atoms with Gasteiger partial charge in [0.05, 0.1) is 16.5 Å². The maximum atomic E-state index is 12.8. The normalized spacial score (nSPS) is 15.3. The number of aromatic nitrogens is 2. The van der Waals surface area contributed by atoms with Gasteiger partial charge >= 0.3 is 5.97 Å². The topological polar surface area (TPSA) is 72.2 Å². The molecule has 1 aromatic heterocycles. The summed E-state index contributed by atoms with van der Waals surface area (Å²) < 4.78 is 1.70. The van der Waals surface area contributed by atoms with Crippen molar-refractivity contribution < 1.29 is 9.90 Å². The van der Waals surface area contributed by atoms with Crippen molar-refractivity contribution in [1.82, 2.24) is 9.55 Å². The Kier molecular flexibility index (Phi) is 3.69. The van der Waals surface area contributed by atoms with Crippen molar-refractivity contribution >= 4 is 28.5 Å². The molecule has 1 N–H and O–H groups in total.